The van der Waals surface area contributed by atoms with Crippen LogP contribution >= 0.6 is 11.8 Å². The number of benzene rings is 1. The average molecular weight is 459 g/mol. The van der Waals surface area contributed by atoms with E-state index >= 15 is 0 Å². The summed E-state index contributed by atoms with van der Waals surface area (Å²) in [6, 6.07) is 6.45. The lowest BCUT2D eigenvalue weighted by molar-refractivity contribution is 0.300. The second kappa shape index (κ2) is 12.9. The number of aliphatic hydroxyl groups is 1. The van der Waals surface area contributed by atoms with Gasteiger partial charge in [-0.15, -0.1) is 11.8 Å². The van der Waals surface area contributed by atoms with Crippen molar-refractivity contribution in [2.75, 3.05) is 37.4 Å². The Morgan fingerprint density at radius 3 is 2.72 bits per heavy atom. The van der Waals surface area contributed by atoms with Gasteiger partial charge in [-0.1, -0.05) is 26.0 Å². The molecule has 9 heteroatoms. The predicted molar refractivity (Wildman–Crippen MR) is 133 cm³/mol. The number of aromatic nitrogens is 2. The number of anilines is 1. The number of thioether (sulfide) groups is 1. The van der Waals surface area contributed by atoms with Crippen LogP contribution in [0.4, 0.5) is 16.2 Å². The predicted octanol–water partition coefficient (Wildman–Crippen LogP) is 4.09. The number of hydrogen-bond acceptors (Lipinski definition) is 8. The summed E-state index contributed by atoms with van der Waals surface area (Å²) in [6.45, 7) is 9.10. The van der Waals surface area contributed by atoms with Crippen LogP contribution in [0.25, 0.3) is 11.3 Å². The van der Waals surface area contributed by atoms with Crippen LogP contribution in [0.2, 0.25) is 0 Å². The van der Waals surface area contributed by atoms with Gasteiger partial charge in [0.15, 0.2) is 5.82 Å². The lowest BCUT2D eigenvalue weighted by Crippen LogP contribution is -2.34. The van der Waals surface area contributed by atoms with E-state index in [0.29, 0.717) is 41.0 Å². The Morgan fingerprint density at radius 1 is 1.38 bits per heavy atom. The van der Waals surface area contributed by atoms with E-state index in [0.717, 1.165) is 18.5 Å². The van der Waals surface area contributed by atoms with Gasteiger partial charge in [0, 0.05) is 37.3 Å². The molecule has 0 saturated carbocycles. The van der Waals surface area contributed by atoms with E-state index in [1.165, 1.54) is 17.8 Å². The van der Waals surface area contributed by atoms with Gasteiger partial charge in [-0.05, 0) is 43.3 Å². The molecular weight excluding hydrogens is 427 g/mol. The van der Waals surface area contributed by atoms with Gasteiger partial charge in [-0.25, -0.2) is 14.4 Å². The highest BCUT2D eigenvalue weighted by atomic mass is 32.2. The van der Waals surface area contributed by atoms with Gasteiger partial charge < -0.3 is 15.7 Å². The lowest BCUT2D eigenvalue weighted by Gasteiger charge is -2.26. The van der Waals surface area contributed by atoms with Gasteiger partial charge in [0.1, 0.15) is 5.82 Å². The first-order valence-electron chi connectivity index (χ1n) is 10.5. The van der Waals surface area contributed by atoms with Crippen LogP contribution in [0, 0.1) is 11.7 Å². The highest BCUT2D eigenvalue weighted by Gasteiger charge is 2.22. The maximum absolute atomic E-state index is 14.6. The van der Waals surface area contributed by atoms with E-state index in [1.54, 1.807) is 30.6 Å². The molecule has 3 N–H and O–H groups in total. The van der Waals surface area contributed by atoms with Gasteiger partial charge in [0.2, 0.25) is 5.95 Å². The molecule has 0 aliphatic carbocycles. The molecule has 0 radical (unpaired) electrons. The molecule has 1 unspecified atom stereocenters. The van der Waals surface area contributed by atoms with Crippen molar-refractivity contribution in [3.05, 3.63) is 41.9 Å². The van der Waals surface area contributed by atoms with Crippen LogP contribution in [0.15, 0.2) is 50.9 Å². The smallest absolute Gasteiger partial charge is 0.228 e. The van der Waals surface area contributed by atoms with Crippen molar-refractivity contribution in [1.29, 1.82) is 0 Å². The molecule has 1 heterocycles. The Hall–Kier alpha value is -2.78. The number of rotatable bonds is 12. The van der Waals surface area contributed by atoms with Crippen LogP contribution in [-0.2, 0) is 0 Å². The normalized spacial score (nSPS) is 12.8. The molecule has 0 saturated heterocycles. The first-order valence-corrected chi connectivity index (χ1v) is 11.7. The third kappa shape index (κ3) is 6.37. The molecule has 7 nitrogen and oxygen atoms in total. The maximum atomic E-state index is 14.6. The van der Waals surface area contributed by atoms with E-state index in [2.05, 4.69) is 33.6 Å². The van der Waals surface area contributed by atoms with Crippen molar-refractivity contribution in [2.24, 2.45) is 21.6 Å². The van der Waals surface area contributed by atoms with E-state index in [4.69, 9.17) is 5.73 Å². The fourth-order valence-corrected chi connectivity index (χ4v) is 3.80. The largest absolute Gasteiger partial charge is 0.404 e. The number of aliphatic imine (C=N–C) groups is 2. The zero-order valence-corrected chi connectivity index (χ0v) is 19.6. The highest BCUT2D eigenvalue weighted by molar-refractivity contribution is 7.98. The van der Waals surface area contributed by atoms with Crippen molar-refractivity contribution in [3.63, 3.8) is 0 Å². The quantitative estimate of drug-likeness (QED) is 0.367. The molecule has 1 aromatic carbocycles. The van der Waals surface area contributed by atoms with Gasteiger partial charge in [-0.2, -0.15) is 4.98 Å². The summed E-state index contributed by atoms with van der Waals surface area (Å²) >= 11 is 1.38. The molecule has 172 valence electrons. The van der Waals surface area contributed by atoms with Crippen LogP contribution in [0.5, 0.6) is 0 Å². The minimum atomic E-state index is -0.384. The topological polar surface area (TPSA) is 100.0 Å². The second-order valence-electron chi connectivity index (χ2n) is 7.14. The van der Waals surface area contributed by atoms with Crippen LogP contribution < -0.4 is 10.6 Å². The third-order valence-corrected chi connectivity index (χ3v) is 5.60. The monoisotopic (exact) mass is 458 g/mol. The van der Waals surface area contributed by atoms with E-state index < -0.39 is 0 Å². The molecule has 2 aromatic rings. The number of nitrogens with zero attached hydrogens (tertiary/aromatic N) is 5. The summed E-state index contributed by atoms with van der Waals surface area (Å²) in [5, 5.41) is 9.67. The molecule has 0 bridgehead atoms. The van der Waals surface area contributed by atoms with Gasteiger partial charge in [0.25, 0.3) is 0 Å². The molecule has 1 aromatic heterocycles. The Labute approximate surface area is 193 Å². The SMILES string of the molecule is C=Nc1nc(N(CCO)CC(C)/C(C=NCCC)=C/N)nc(-c2ccccc2F)c1SC. The number of hydrogen-bond donors (Lipinski definition) is 2. The summed E-state index contributed by atoms with van der Waals surface area (Å²) in [7, 11) is 0. The molecule has 0 aliphatic heterocycles. The summed E-state index contributed by atoms with van der Waals surface area (Å²) in [5.74, 6) is 0.319. The molecule has 0 amide bonds. The molecule has 0 fully saturated rings. The average Bonchev–Trinajstić information content (AvgIpc) is 2.81. The standard InChI is InChI=1S/C23H31FN6OS/c1-5-10-27-14-17(13-25)16(2)15-30(11-12-31)23-28-20(18-8-6-7-9-19(18)24)21(32-4)22(26-3)29-23/h6-9,13-14,16,31H,3,5,10-12,15,25H2,1-2,4H3/b17-13+,27-14?. The third-order valence-electron chi connectivity index (χ3n) is 4.82. The van der Waals surface area contributed by atoms with E-state index in [-0.39, 0.29) is 18.3 Å². The molecule has 0 spiro atoms. The first kappa shape index (κ1) is 25.5. The molecule has 0 aliphatic rings. The number of nitrogens with two attached hydrogens (primary N) is 1. The number of aliphatic hydroxyl groups excluding tert-OH is 1. The van der Waals surface area contributed by atoms with Gasteiger partial charge >= 0.3 is 0 Å². The molecular formula is C23H31FN6OS. The van der Waals surface area contributed by atoms with Crippen molar-refractivity contribution < 1.29 is 9.50 Å². The van der Waals surface area contributed by atoms with E-state index in [9.17, 15) is 9.50 Å². The van der Waals surface area contributed by atoms with Crippen molar-refractivity contribution in [2.45, 2.75) is 25.2 Å². The van der Waals surface area contributed by atoms with Gasteiger partial charge in [0.05, 0.1) is 17.2 Å². The summed E-state index contributed by atoms with van der Waals surface area (Å²) in [4.78, 5) is 20.2. The zero-order chi connectivity index (χ0) is 23.5. The minimum absolute atomic E-state index is 0.00645. The second-order valence-corrected chi connectivity index (χ2v) is 7.96. The fourth-order valence-electron chi connectivity index (χ4n) is 3.16. The molecule has 32 heavy (non-hydrogen) atoms. The summed E-state index contributed by atoms with van der Waals surface area (Å²) < 4.78 is 14.6. The number of halogens is 1. The van der Waals surface area contributed by atoms with Crippen LogP contribution in [0.3, 0.4) is 0 Å². The van der Waals surface area contributed by atoms with Crippen molar-refractivity contribution in [3.8, 4) is 11.3 Å². The van der Waals surface area contributed by atoms with Crippen molar-refractivity contribution >= 4 is 36.5 Å². The van der Waals surface area contributed by atoms with E-state index in [1.807, 2.05) is 18.1 Å². The minimum Gasteiger partial charge on any atom is -0.404 e. The van der Waals surface area contributed by atoms with Crippen LogP contribution in [0.1, 0.15) is 20.3 Å². The fraction of sp³-hybridized carbons (Fsp3) is 0.391. The highest BCUT2D eigenvalue weighted by Crippen LogP contribution is 2.37. The Balaban J connectivity index is 2.50. The molecule has 2 rings (SSSR count). The van der Waals surface area contributed by atoms with Crippen LogP contribution in [-0.4, -0.2) is 60.5 Å². The zero-order valence-electron chi connectivity index (χ0n) is 18.8. The van der Waals surface area contributed by atoms with Crippen molar-refractivity contribution in [1.82, 2.24) is 9.97 Å². The Morgan fingerprint density at radius 2 is 2.12 bits per heavy atom. The maximum Gasteiger partial charge on any atom is 0.228 e. The molecule has 1 atom stereocenters. The first-order chi connectivity index (χ1) is 15.5. The summed E-state index contributed by atoms with van der Waals surface area (Å²) in [5.41, 5.74) is 7.50. The Bertz CT molecular complexity index is 965. The Kier molecular flexibility index (Phi) is 10.3. The summed E-state index contributed by atoms with van der Waals surface area (Å²) in [6.07, 6.45) is 6.13. The lowest BCUT2D eigenvalue weighted by atomic mass is 10.0. The van der Waals surface area contributed by atoms with Gasteiger partial charge in [-0.3, -0.25) is 4.99 Å².